The van der Waals surface area contributed by atoms with Crippen molar-refractivity contribution in [3.63, 3.8) is 0 Å². The van der Waals surface area contributed by atoms with E-state index in [1.54, 1.807) is 6.92 Å². The van der Waals surface area contributed by atoms with Gasteiger partial charge in [-0.3, -0.25) is 4.79 Å². The summed E-state index contributed by atoms with van der Waals surface area (Å²) < 4.78 is 5.93. The van der Waals surface area contributed by atoms with Crippen LogP contribution in [0.5, 0.6) is 0 Å². The molecule has 5 heteroatoms. The molecule has 2 aromatic carbocycles. The van der Waals surface area contributed by atoms with Gasteiger partial charge in [-0.1, -0.05) is 36.0 Å². The fourth-order valence-corrected chi connectivity index (χ4v) is 3.69. The zero-order chi connectivity index (χ0) is 17.8. The second kappa shape index (κ2) is 7.74. The number of carbonyl (C=O) groups is 1. The molecule has 3 aromatic rings. The molecular weight excluding hydrogens is 332 g/mol. The molecule has 0 aliphatic carbocycles. The maximum Gasteiger partial charge on any atom is 0.210 e. The third kappa shape index (κ3) is 4.23. The molecule has 0 saturated carbocycles. The summed E-state index contributed by atoms with van der Waals surface area (Å²) in [4.78, 5) is 18.6. The van der Waals surface area contributed by atoms with Crippen LogP contribution in [0.3, 0.4) is 0 Å². The zero-order valence-electron chi connectivity index (χ0n) is 14.7. The van der Waals surface area contributed by atoms with Crippen molar-refractivity contribution in [1.82, 2.24) is 4.98 Å². The van der Waals surface area contributed by atoms with E-state index in [0.717, 1.165) is 23.3 Å². The van der Waals surface area contributed by atoms with Crippen molar-refractivity contribution < 1.29 is 9.21 Å². The number of aryl methyl sites for hydroxylation is 1. The number of benzene rings is 2. The van der Waals surface area contributed by atoms with Crippen LogP contribution in [0.25, 0.3) is 11.1 Å². The molecule has 0 spiro atoms. The summed E-state index contributed by atoms with van der Waals surface area (Å²) in [5.74, 6) is 0.604. The maximum absolute atomic E-state index is 11.8. The van der Waals surface area contributed by atoms with E-state index >= 15 is 0 Å². The van der Waals surface area contributed by atoms with Gasteiger partial charge in [-0.25, -0.2) is 4.98 Å². The van der Waals surface area contributed by atoms with Gasteiger partial charge in [0.2, 0.25) is 5.89 Å². The Morgan fingerprint density at radius 2 is 2.04 bits per heavy atom. The van der Waals surface area contributed by atoms with Crippen molar-refractivity contribution in [2.24, 2.45) is 0 Å². The van der Waals surface area contributed by atoms with Gasteiger partial charge in [0.05, 0.1) is 0 Å². The number of likely N-dealkylation sites (N-methyl/N-ethyl adjacent to an activating group) is 1. The summed E-state index contributed by atoms with van der Waals surface area (Å²) in [6, 6.07) is 16.1. The monoisotopic (exact) mass is 354 g/mol. The summed E-state index contributed by atoms with van der Waals surface area (Å²) >= 11 is 1.27. The average Bonchev–Trinajstić information content (AvgIpc) is 3.02. The van der Waals surface area contributed by atoms with Crippen molar-refractivity contribution >= 4 is 33.7 Å². The standard InChI is InChI=1S/C20H22N2O2S/c1-4-22(16-9-7-8-14(2)12-16)13-19(25-15(3)23)20-21-17-10-5-6-11-18(17)24-20/h5-12,19H,4,13H2,1-3H3. The minimum atomic E-state index is -0.148. The van der Waals surface area contributed by atoms with Gasteiger partial charge >= 0.3 is 0 Å². The number of carbonyl (C=O) groups excluding carboxylic acids is 1. The van der Waals surface area contributed by atoms with E-state index in [0.29, 0.717) is 12.4 Å². The molecule has 3 rings (SSSR count). The molecule has 1 unspecified atom stereocenters. The Bertz CT molecular complexity index is 842. The Labute approximate surface area is 152 Å². The normalized spacial score (nSPS) is 12.3. The van der Waals surface area contributed by atoms with Crippen molar-refractivity contribution in [2.75, 3.05) is 18.0 Å². The Kier molecular flexibility index (Phi) is 5.43. The maximum atomic E-state index is 11.8. The number of para-hydroxylation sites is 2. The highest BCUT2D eigenvalue weighted by Gasteiger charge is 2.23. The van der Waals surface area contributed by atoms with E-state index in [-0.39, 0.29) is 10.4 Å². The van der Waals surface area contributed by atoms with Crippen molar-refractivity contribution in [1.29, 1.82) is 0 Å². The fourth-order valence-electron chi connectivity index (χ4n) is 2.84. The Hall–Kier alpha value is -2.27. The van der Waals surface area contributed by atoms with E-state index in [1.807, 2.05) is 24.3 Å². The summed E-state index contributed by atoms with van der Waals surface area (Å²) in [5, 5.41) is -0.0853. The molecule has 0 N–H and O–H groups in total. The molecule has 130 valence electrons. The van der Waals surface area contributed by atoms with Crippen LogP contribution in [0.4, 0.5) is 5.69 Å². The van der Waals surface area contributed by atoms with Crippen LogP contribution < -0.4 is 4.90 Å². The molecule has 1 aromatic heterocycles. The number of aromatic nitrogens is 1. The number of hydrogen-bond acceptors (Lipinski definition) is 5. The summed E-state index contributed by atoms with van der Waals surface area (Å²) in [7, 11) is 0. The van der Waals surface area contributed by atoms with Crippen LogP contribution in [0.2, 0.25) is 0 Å². The second-order valence-corrected chi connectivity index (χ2v) is 7.38. The lowest BCUT2D eigenvalue weighted by molar-refractivity contribution is -0.109. The number of hydrogen-bond donors (Lipinski definition) is 0. The predicted molar refractivity (Wildman–Crippen MR) is 104 cm³/mol. The quantitative estimate of drug-likeness (QED) is 0.624. The number of rotatable bonds is 6. The highest BCUT2D eigenvalue weighted by Crippen LogP contribution is 2.33. The lowest BCUT2D eigenvalue weighted by Crippen LogP contribution is -2.28. The average molecular weight is 354 g/mol. The molecule has 1 atom stereocenters. The van der Waals surface area contributed by atoms with Gasteiger partial charge in [0, 0.05) is 25.7 Å². The first-order valence-corrected chi connectivity index (χ1v) is 9.29. The molecule has 25 heavy (non-hydrogen) atoms. The summed E-state index contributed by atoms with van der Waals surface area (Å²) in [6.07, 6.45) is 0. The highest BCUT2D eigenvalue weighted by molar-refractivity contribution is 8.13. The molecule has 0 saturated heterocycles. The predicted octanol–water partition coefficient (Wildman–Crippen LogP) is 4.98. The first-order chi connectivity index (χ1) is 12.1. The van der Waals surface area contributed by atoms with Crippen molar-refractivity contribution in [3.05, 3.63) is 60.0 Å². The van der Waals surface area contributed by atoms with E-state index in [4.69, 9.17) is 4.42 Å². The van der Waals surface area contributed by atoms with Crippen LogP contribution in [0.1, 0.15) is 30.6 Å². The van der Waals surface area contributed by atoms with E-state index in [1.165, 1.54) is 17.3 Å². The Morgan fingerprint density at radius 1 is 1.24 bits per heavy atom. The van der Waals surface area contributed by atoms with Crippen LogP contribution in [-0.4, -0.2) is 23.2 Å². The van der Waals surface area contributed by atoms with E-state index in [9.17, 15) is 4.79 Å². The van der Waals surface area contributed by atoms with Gasteiger partial charge in [-0.15, -0.1) is 0 Å². The Balaban J connectivity index is 1.90. The van der Waals surface area contributed by atoms with Gasteiger partial charge in [-0.2, -0.15) is 0 Å². The second-order valence-electron chi connectivity index (χ2n) is 6.00. The SMILES string of the molecule is CCN(CC(SC(C)=O)c1nc2ccccc2o1)c1cccc(C)c1. The third-order valence-corrected chi connectivity index (χ3v) is 5.00. The van der Waals surface area contributed by atoms with Crippen LogP contribution in [0, 0.1) is 6.92 Å². The van der Waals surface area contributed by atoms with Crippen LogP contribution >= 0.6 is 11.8 Å². The highest BCUT2D eigenvalue weighted by atomic mass is 32.2. The smallest absolute Gasteiger partial charge is 0.210 e. The fraction of sp³-hybridized carbons (Fsp3) is 0.300. The molecule has 0 bridgehead atoms. The van der Waals surface area contributed by atoms with Gasteiger partial charge in [-0.05, 0) is 43.7 Å². The largest absolute Gasteiger partial charge is 0.439 e. The number of anilines is 1. The topological polar surface area (TPSA) is 46.3 Å². The Morgan fingerprint density at radius 3 is 2.72 bits per heavy atom. The summed E-state index contributed by atoms with van der Waals surface area (Å²) in [5.41, 5.74) is 3.94. The van der Waals surface area contributed by atoms with Gasteiger partial charge in [0.15, 0.2) is 10.7 Å². The molecule has 0 aliphatic heterocycles. The molecule has 0 fully saturated rings. The lowest BCUT2D eigenvalue weighted by atomic mass is 10.2. The molecule has 0 radical (unpaired) electrons. The van der Waals surface area contributed by atoms with Gasteiger partial charge < -0.3 is 9.32 Å². The first-order valence-electron chi connectivity index (χ1n) is 8.41. The van der Waals surface area contributed by atoms with Crippen LogP contribution in [0.15, 0.2) is 52.9 Å². The molecule has 0 amide bonds. The van der Waals surface area contributed by atoms with E-state index < -0.39 is 0 Å². The van der Waals surface area contributed by atoms with Gasteiger partial charge in [0.1, 0.15) is 10.8 Å². The number of thioether (sulfide) groups is 1. The number of fused-ring (bicyclic) bond motifs is 1. The van der Waals surface area contributed by atoms with Crippen LogP contribution in [-0.2, 0) is 4.79 Å². The third-order valence-electron chi connectivity index (χ3n) is 4.03. The molecule has 1 heterocycles. The number of nitrogens with zero attached hydrogens (tertiary/aromatic N) is 2. The van der Waals surface area contributed by atoms with Crippen molar-refractivity contribution in [2.45, 2.75) is 26.0 Å². The molecule has 0 aliphatic rings. The molecular formula is C20H22N2O2S. The lowest BCUT2D eigenvalue weighted by Gasteiger charge is -2.26. The van der Waals surface area contributed by atoms with Crippen molar-refractivity contribution in [3.8, 4) is 0 Å². The zero-order valence-corrected chi connectivity index (χ0v) is 15.5. The minimum Gasteiger partial charge on any atom is -0.439 e. The van der Waals surface area contributed by atoms with Gasteiger partial charge in [0.25, 0.3) is 0 Å². The first kappa shape index (κ1) is 17.5. The number of oxazole rings is 1. The van der Waals surface area contributed by atoms with E-state index in [2.05, 4.69) is 48.0 Å². The minimum absolute atomic E-state index is 0.0625. The molecule has 4 nitrogen and oxygen atoms in total. The summed E-state index contributed by atoms with van der Waals surface area (Å²) in [6.45, 7) is 7.29.